The van der Waals surface area contributed by atoms with Gasteiger partial charge in [-0.3, -0.25) is 4.79 Å². The number of nitrogens with zero attached hydrogens (tertiary/aromatic N) is 3. The van der Waals surface area contributed by atoms with Crippen LogP contribution in [-0.2, 0) is 22.7 Å². The number of hydrogen-bond acceptors (Lipinski definition) is 5. The lowest BCUT2D eigenvalue weighted by Gasteiger charge is -2.12. The van der Waals surface area contributed by atoms with Gasteiger partial charge in [-0.2, -0.15) is 5.10 Å². The van der Waals surface area contributed by atoms with Gasteiger partial charge in [-0.25, -0.2) is 18.1 Å². The molecule has 8 heteroatoms. The summed E-state index contributed by atoms with van der Waals surface area (Å²) < 4.78 is 25.9. The second-order valence-electron chi connectivity index (χ2n) is 9.45. The fourth-order valence-electron chi connectivity index (χ4n) is 5.17. The number of amides is 1. The third-order valence-corrected chi connectivity index (χ3v) is 8.76. The van der Waals surface area contributed by atoms with Crippen molar-refractivity contribution in [2.45, 2.75) is 57.4 Å². The van der Waals surface area contributed by atoms with Gasteiger partial charge in [0, 0.05) is 17.3 Å². The van der Waals surface area contributed by atoms with Gasteiger partial charge < -0.3 is 5.32 Å². The third-order valence-electron chi connectivity index (χ3n) is 7.01. The number of sulfone groups is 1. The van der Waals surface area contributed by atoms with Crippen LogP contribution in [0.4, 0.5) is 5.69 Å². The molecule has 2 aromatic heterocycles. The van der Waals surface area contributed by atoms with Crippen LogP contribution in [0.15, 0.2) is 24.3 Å². The van der Waals surface area contributed by atoms with E-state index < -0.39 is 9.84 Å². The van der Waals surface area contributed by atoms with E-state index in [2.05, 4.69) is 22.5 Å². The van der Waals surface area contributed by atoms with Crippen LogP contribution in [0.5, 0.6) is 0 Å². The molecule has 1 N–H and O–H groups in total. The van der Waals surface area contributed by atoms with Gasteiger partial charge in [0.2, 0.25) is 0 Å². The van der Waals surface area contributed by atoms with E-state index in [4.69, 9.17) is 4.98 Å². The molecule has 0 radical (unpaired) electrons. The zero-order valence-corrected chi connectivity index (χ0v) is 18.9. The van der Waals surface area contributed by atoms with E-state index >= 15 is 0 Å². The standard InChI is InChI=1S/C24H26N4O3S/c1-14-22-20(24(29)25-18-8-7-15-3-2-4-17(15)11-18)12-21(16-5-6-16)26-23(22)28(27-14)19-9-10-32(30,31)13-19/h7-8,11-12,16,19H,2-6,9-10,13H2,1H3,(H,25,29). The van der Waals surface area contributed by atoms with Crippen LogP contribution in [0.1, 0.15) is 70.5 Å². The van der Waals surface area contributed by atoms with E-state index in [0.29, 0.717) is 29.2 Å². The van der Waals surface area contributed by atoms with E-state index in [1.54, 1.807) is 4.68 Å². The predicted octanol–water partition coefficient (Wildman–Crippen LogP) is 3.72. The van der Waals surface area contributed by atoms with Crippen LogP contribution in [0.2, 0.25) is 0 Å². The van der Waals surface area contributed by atoms with E-state index in [1.165, 1.54) is 11.1 Å². The highest BCUT2D eigenvalue weighted by molar-refractivity contribution is 7.91. The van der Waals surface area contributed by atoms with Gasteiger partial charge in [0.25, 0.3) is 5.91 Å². The monoisotopic (exact) mass is 450 g/mol. The van der Waals surface area contributed by atoms with Crippen molar-refractivity contribution in [2.24, 2.45) is 0 Å². The number of anilines is 1. The molecular weight excluding hydrogens is 424 g/mol. The van der Waals surface area contributed by atoms with Gasteiger partial charge in [0.05, 0.1) is 34.2 Å². The number of pyridine rings is 1. The maximum absolute atomic E-state index is 13.4. The van der Waals surface area contributed by atoms with Gasteiger partial charge in [-0.05, 0) is 74.8 Å². The second kappa shape index (κ2) is 7.13. The minimum atomic E-state index is -3.06. The van der Waals surface area contributed by atoms with E-state index in [1.807, 2.05) is 19.1 Å². The number of hydrogen-bond donors (Lipinski definition) is 1. The highest BCUT2D eigenvalue weighted by Gasteiger charge is 2.34. The Bertz CT molecular complexity index is 1370. The van der Waals surface area contributed by atoms with Crippen LogP contribution in [0, 0.1) is 6.92 Å². The molecule has 32 heavy (non-hydrogen) atoms. The van der Waals surface area contributed by atoms with Gasteiger partial charge in [0.1, 0.15) is 0 Å². The summed E-state index contributed by atoms with van der Waals surface area (Å²) in [6, 6.07) is 7.85. The van der Waals surface area contributed by atoms with Crippen molar-refractivity contribution in [2.75, 3.05) is 16.8 Å². The summed E-state index contributed by atoms with van der Waals surface area (Å²) in [7, 11) is -3.06. The summed E-state index contributed by atoms with van der Waals surface area (Å²) in [5, 5.41) is 8.47. The highest BCUT2D eigenvalue weighted by Crippen LogP contribution is 2.41. The zero-order valence-electron chi connectivity index (χ0n) is 18.1. The average molecular weight is 451 g/mol. The molecule has 166 valence electrons. The van der Waals surface area contributed by atoms with Crippen molar-refractivity contribution in [3.8, 4) is 0 Å². The Morgan fingerprint density at radius 2 is 1.94 bits per heavy atom. The quantitative estimate of drug-likeness (QED) is 0.654. The molecule has 0 bridgehead atoms. The molecule has 2 aliphatic carbocycles. The Hall–Kier alpha value is -2.74. The predicted molar refractivity (Wildman–Crippen MR) is 123 cm³/mol. The molecule has 3 heterocycles. The highest BCUT2D eigenvalue weighted by atomic mass is 32.2. The summed E-state index contributed by atoms with van der Waals surface area (Å²) in [6.07, 6.45) is 5.99. The molecule has 6 rings (SSSR count). The number of benzene rings is 1. The van der Waals surface area contributed by atoms with Crippen LogP contribution in [0.3, 0.4) is 0 Å². The number of rotatable bonds is 4. The van der Waals surface area contributed by atoms with Crippen LogP contribution >= 0.6 is 0 Å². The summed E-state index contributed by atoms with van der Waals surface area (Å²) in [5.74, 6) is 0.446. The molecule has 1 saturated heterocycles. The summed E-state index contributed by atoms with van der Waals surface area (Å²) in [4.78, 5) is 18.3. The van der Waals surface area contributed by atoms with Gasteiger partial charge in [-0.15, -0.1) is 0 Å². The largest absolute Gasteiger partial charge is 0.322 e. The van der Waals surface area contributed by atoms with Crippen molar-refractivity contribution < 1.29 is 13.2 Å². The number of carbonyl (C=O) groups is 1. The number of carbonyl (C=O) groups excluding carboxylic acids is 1. The Labute approximate surface area is 187 Å². The lowest BCUT2D eigenvalue weighted by Crippen LogP contribution is -2.15. The lowest BCUT2D eigenvalue weighted by atomic mass is 10.1. The number of nitrogens with one attached hydrogen (secondary N) is 1. The molecule has 1 saturated carbocycles. The van der Waals surface area contributed by atoms with Crippen molar-refractivity contribution in [3.05, 3.63) is 52.3 Å². The SMILES string of the molecule is Cc1nn(C2CCS(=O)(=O)C2)c2nc(C3CC3)cc(C(=O)Nc3ccc4c(c3)CCC4)c12. The van der Waals surface area contributed by atoms with Crippen molar-refractivity contribution in [3.63, 3.8) is 0 Å². The minimum absolute atomic E-state index is 0.0786. The Kier molecular flexibility index (Phi) is 4.44. The van der Waals surface area contributed by atoms with Crippen LogP contribution in [0.25, 0.3) is 11.0 Å². The Morgan fingerprint density at radius 3 is 2.69 bits per heavy atom. The molecule has 0 spiro atoms. The fourth-order valence-corrected chi connectivity index (χ4v) is 6.86. The maximum Gasteiger partial charge on any atom is 0.256 e. The zero-order chi connectivity index (χ0) is 22.0. The molecule has 7 nitrogen and oxygen atoms in total. The average Bonchev–Trinajstić information content (AvgIpc) is 3.27. The molecule has 3 aliphatic rings. The van der Waals surface area contributed by atoms with Crippen molar-refractivity contribution >= 4 is 32.5 Å². The molecule has 2 fully saturated rings. The molecule has 1 amide bonds. The Morgan fingerprint density at radius 1 is 1.12 bits per heavy atom. The van der Waals surface area contributed by atoms with Gasteiger partial charge in [-0.1, -0.05) is 6.07 Å². The number of aryl methyl sites for hydroxylation is 3. The number of aromatic nitrogens is 3. The second-order valence-corrected chi connectivity index (χ2v) is 11.7. The summed E-state index contributed by atoms with van der Waals surface area (Å²) in [6.45, 7) is 1.87. The molecular formula is C24H26N4O3S. The Balaban J connectivity index is 1.42. The van der Waals surface area contributed by atoms with E-state index in [0.717, 1.165) is 48.9 Å². The van der Waals surface area contributed by atoms with Crippen LogP contribution in [-0.4, -0.2) is 40.6 Å². The van der Waals surface area contributed by atoms with Gasteiger partial charge in [0.15, 0.2) is 15.5 Å². The maximum atomic E-state index is 13.4. The lowest BCUT2D eigenvalue weighted by molar-refractivity contribution is 0.102. The molecule has 1 atom stereocenters. The minimum Gasteiger partial charge on any atom is -0.322 e. The molecule has 1 aromatic carbocycles. The summed E-state index contributed by atoms with van der Waals surface area (Å²) >= 11 is 0. The first-order valence-corrected chi connectivity index (χ1v) is 13.2. The van der Waals surface area contributed by atoms with Crippen LogP contribution < -0.4 is 5.32 Å². The summed E-state index contributed by atoms with van der Waals surface area (Å²) in [5.41, 5.74) is 6.30. The first kappa shape index (κ1) is 19.9. The third kappa shape index (κ3) is 3.41. The first-order chi connectivity index (χ1) is 15.4. The fraction of sp³-hybridized carbons (Fsp3) is 0.458. The molecule has 1 aliphatic heterocycles. The van der Waals surface area contributed by atoms with Crippen molar-refractivity contribution in [1.29, 1.82) is 0 Å². The topological polar surface area (TPSA) is 93.9 Å². The normalized spacial score (nSPS) is 21.7. The smallest absolute Gasteiger partial charge is 0.256 e. The van der Waals surface area contributed by atoms with E-state index in [9.17, 15) is 13.2 Å². The van der Waals surface area contributed by atoms with Gasteiger partial charge >= 0.3 is 0 Å². The number of fused-ring (bicyclic) bond motifs is 2. The molecule has 1 unspecified atom stereocenters. The first-order valence-electron chi connectivity index (χ1n) is 11.4. The molecule has 3 aromatic rings. The van der Waals surface area contributed by atoms with E-state index in [-0.39, 0.29) is 23.5 Å². The van der Waals surface area contributed by atoms with Crippen molar-refractivity contribution in [1.82, 2.24) is 14.8 Å².